The van der Waals surface area contributed by atoms with E-state index in [1.807, 2.05) is 18.2 Å². The lowest BCUT2D eigenvalue weighted by atomic mass is 10.3. The molecule has 2 aromatic rings. The average molecular weight is 602 g/mol. The Bertz CT molecular complexity index is 996. The summed E-state index contributed by atoms with van der Waals surface area (Å²) in [6, 6.07) is 15.3. The van der Waals surface area contributed by atoms with Crippen LogP contribution in [0.25, 0.3) is 0 Å². The van der Waals surface area contributed by atoms with E-state index >= 15 is 0 Å². The van der Waals surface area contributed by atoms with Gasteiger partial charge >= 0.3 is 0 Å². The van der Waals surface area contributed by atoms with E-state index in [9.17, 15) is 8.42 Å². The lowest BCUT2D eigenvalue weighted by Gasteiger charge is -2.09. The average Bonchev–Trinajstić information content (AvgIpc) is 2.98. The molecule has 0 heterocycles. The first-order valence-corrected chi connectivity index (χ1v) is 15.0. The van der Waals surface area contributed by atoms with Crippen molar-refractivity contribution in [3.8, 4) is 5.75 Å². The number of nitrogen functional groups attached to an aromatic ring is 1. The first kappa shape index (κ1) is 34.9. The van der Waals surface area contributed by atoms with Gasteiger partial charge in [0.05, 0.1) is 110 Å². The number of benzene rings is 2. The van der Waals surface area contributed by atoms with Gasteiger partial charge in [-0.15, -0.1) is 0 Å². The SMILES string of the molecule is Nc1ccccc1OCCOCCOCCOCCOCCOCCOCCOCCOS(=O)(=O)c1ccccc1. The molecule has 2 aromatic carbocycles. The van der Waals surface area contributed by atoms with Crippen LogP contribution in [0.4, 0.5) is 5.69 Å². The minimum absolute atomic E-state index is 0.0572. The lowest BCUT2D eigenvalue weighted by Crippen LogP contribution is -2.15. The molecule has 41 heavy (non-hydrogen) atoms. The molecule has 0 aliphatic heterocycles. The standard InChI is InChI=1S/C28H43NO11S/c29-27-8-4-5-9-28(27)39-24-22-37-20-18-35-16-14-33-12-10-32-11-13-34-15-17-36-19-21-38-23-25-40-41(30,31)26-6-2-1-3-7-26/h1-9H,10-25,29H2. The van der Waals surface area contributed by atoms with Gasteiger partial charge in [-0.2, -0.15) is 8.42 Å². The molecule has 0 fully saturated rings. The summed E-state index contributed by atoms with van der Waals surface area (Å²) < 4.78 is 72.3. The number of hydrogen-bond donors (Lipinski definition) is 1. The van der Waals surface area contributed by atoms with Gasteiger partial charge in [-0.05, 0) is 24.3 Å². The van der Waals surface area contributed by atoms with Crippen molar-refractivity contribution in [1.29, 1.82) is 0 Å². The van der Waals surface area contributed by atoms with Crippen LogP contribution in [0.2, 0.25) is 0 Å². The van der Waals surface area contributed by atoms with Crippen molar-refractivity contribution < 1.29 is 50.5 Å². The minimum atomic E-state index is -3.75. The molecular weight excluding hydrogens is 558 g/mol. The Balaban J connectivity index is 1.22. The van der Waals surface area contributed by atoms with Gasteiger partial charge in [-0.3, -0.25) is 4.18 Å². The molecule has 0 atom stereocenters. The van der Waals surface area contributed by atoms with Gasteiger partial charge < -0.3 is 43.6 Å². The van der Waals surface area contributed by atoms with Crippen LogP contribution >= 0.6 is 0 Å². The quantitative estimate of drug-likeness (QED) is 0.0911. The third kappa shape index (κ3) is 18.0. The summed E-state index contributed by atoms with van der Waals surface area (Å²) in [5.74, 6) is 0.659. The van der Waals surface area contributed by atoms with E-state index in [1.54, 1.807) is 24.3 Å². The molecule has 0 saturated carbocycles. The Morgan fingerprint density at radius 3 is 1.27 bits per heavy atom. The molecule has 13 heteroatoms. The van der Waals surface area contributed by atoms with Crippen LogP contribution < -0.4 is 10.5 Å². The van der Waals surface area contributed by atoms with Crippen LogP contribution in [0.15, 0.2) is 59.5 Å². The fourth-order valence-electron chi connectivity index (χ4n) is 3.10. The van der Waals surface area contributed by atoms with Crippen molar-refractivity contribution in [2.75, 3.05) is 111 Å². The second-order valence-corrected chi connectivity index (χ2v) is 9.88. The highest BCUT2D eigenvalue weighted by atomic mass is 32.2. The molecule has 12 nitrogen and oxygen atoms in total. The molecule has 2 N–H and O–H groups in total. The van der Waals surface area contributed by atoms with E-state index < -0.39 is 10.1 Å². The zero-order valence-electron chi connectivity index (χ0n) is 23.5. The van der Waals surface area contributed by atoms with Gasteiger partial charge in [0, 0.05) is 0 Å². The Morgan fingerprint density at radius 2 is 0.829 bits per heavy atom. The molecule has 0 radical (unpaired) electrons. The fraction of sp³-hybridized carbons (Fsp3) is 0.571. The summed E-state index contributed by atoms with van der Waals surface area (Å²) in [6.45, 7) is 6.36. The van der Waals surface area contributed by atoms with Gasteiger partial charge in [-0.25, -0.2) is 0 Å². The molecule has 0 aliphatic carbocycles. The number of anilines is 1. The Kier molecular flexibility index (Phi) is 19.8. The first-order valence-electron chi connectivity index (χ1n) is 13.6. The van der Waals surface area contributed by atoms with Crippen molar-refractivity contribution in [2.45, 2.75) is 4.90 Å². The third-order valence-electron chi connectivity index (χ3n) is 5.13. The third-order valence-corrected chi connectivity index (χ3v) is 6.46. The van der Waals surface area contributed by atoms with Gasteiger partial charge in [0.15, 0.2) is 0 Å². The molecule has 0 amide bonds. The van der Waals surface area contributed by atoms with Crippen LogP contribution in [0.3, 0.4) is 0 Å². The highest BCUT2D eigenvalue weighted by molar-refractivity contribution is 7.86. The maximum absolute atomic E-state index is 11.9. The molecule has 2 rings (SSSR count). The number of para-hydroxylation sites is 2. The van der Waals surface area contributed by atoms with Crippen LogP contribution in [-0.2, 0) is 47.5 Å². The van der Waals surface area contributed by atoms with Crippen LogP contribution in [0, 0.1) is 0 Å². The molecule has 0 aromatic heterocycles. The smallest absolute Gasteiger partial charge is 0.297 e. The zero-order chi connectivity index (χ0) is 29.3. The minimum Gasteiger partial charge on any atom is -0.489 e. The van der Waals surface area contributed by atoms with E-state index in [-0.39, 0.29) is 18.1 Å². The van der Waals surface area contributed by atoms with E-state index in [0.29, 0.717) is 104 Å². The molecule has 0 saturated heterocycles. The van der Waals surface area contributed by atoms with Crippen LogP contribution in [0.5, 0.6) is 5.75 Å². The first-order chi connectivity index (χ1) is 20.1. The van der Waals surface area contributed by atoms with Crippen molar-refractivity contribution >= 4 is 15.8 Å². The van der Waals surface area contributed by atoms with E-state index in [4.69, 9.17) is 47.8 Å². The van der Waals surface area contributed by atoms with Crippen LogP contribution in [0.1, 0.15) is 0 Å². The highest BCUT2D eigenvalue weighted by Crippen LogP contribution is 2.19. The Hall–Kier alpha value is -2.33. The number of ether oxygens (including phenoxy) is 8. The summed E-state index contributed by atoms with van der Waals surface area (Å²) in [4.78, 5) is 0.121. The van der Waals surface area contributed by atoms with Crippen molar-refractivity contribution in [3.63, 3.8) is 0 Å². The van der Waals surface area contributed by atoms with Crippen molar-refractivity contribution in [2.24, 2.45) is 0 Å². The predicted octanol–water partition coefficient (Wildman–Crippen LogP) is 2.17. The molecule has 0 bridgehead atoms. The summed E-state index contributed by atoms with van der Waals surface area (Å²) in [6.07, 6.45) is 0. The zero-order valence-corrected chi connectivity index (χ0v) is 24.3. The number of nitrogens with two attached hydrogens (primary N) is 1. The highest BCUT2D eigenvalue weighted by Gasteiger charge is 2.13. The summed E-state index contributed by atoms with van der Waals surface area (Å²) >= 11 is 0. The second kappa shape index (κ2) is 23.3. The van der Waals surface area contributed by atoms with Crippen molar-refractivity contribution in [1.82, 2.24) is 0 Å². The normalized spacial score (nSPS) is 11.6. The van der Waals surface area contributed by atoms with Gasteiger partial charge in [0.25, 0.3) is 10.1 Å². The summed E-state index contributed by atoms with van der Waals surface area (Å²) in [7, 11) is -3.75. The largest absolute Gasteiger partial charge is 0.489 e. The lowest BCUT2D eigenvalue weighted by molar-refractivity contribution is -0.0218. The molecule has 0 spiro atoms. The van der Waals surface area contributed by atoms with Crippen molar-refractivity contribution in [3.05, 3.63) is 54.6 Å². The van der Waals surface area contributed by atoms with E-state index in [2.05, 4.69) is 0 Å². The van der Waals surface area contributed by atoms with Gasteiger partial charge in [0.1, 0.15) is 12.4 Å². The maximum atomic E-state index is 11.9. The van der Waals surface area contributed by atoms with Gasteiger partial charge in [-0.1, -0.05) is 30.3 Å². The van der Waals surface area contributed by atoms with E-state index in [0.717, 1.165) is 0 Å². The summed E-state index contributed by atoms with van der Waals surface area (Å²) in [5.41, 5.74) is 6.41. The molecule has 232 valence electrons. The van der Waals surface area contributed by atoms with E-state index in [1.165, 1.54) is 12.1 Å². The molecule has 0 aliphatic rings. The monoisotopic (exact) mass is 601 g/mol. The topological polar surface area (TPSA) is 143 Å². The second-order valence-electron chi connectivity index (χ2n) is 8.26. The fourth-order valence-corrected chi connectivity index (χ4v) is 4.02. The Morgan fingerprint density at radius 1 is 0.463 bits per heavy atom. The van der Waals surface area contributed by atoms with Crippen LogP contribution in [-0.4, -0.2) is 114 Å². The molecule has 0 unspecified atom stereocenters. The summed E-state index contributed by atoms with van der Waals surface area (Å²) in [5, 5.41) is 0. The number of rotatable bonds is 27. The van der Waals surface area contributed by atoms with Gasteiger partial charge in [0.2, 0.25) is 0 Å². The predicted molar refractivity (Wildman–Crippen MR) is 152 cm³/mol. The number of hydrogen-bond acceptors (Lipinski definition) is 12. The Labute approximate surface area is 243 Å². The molecular formula is C28H43NO11S. The maximum Gasteiger partial charge on any atom is 0.297 e.